The molecule has 0 amide bonds. The molecule has 0 fully saturated rings. The van der Waals surface area contributed by atoms with Gasteiger partial charge in [-0.15, -0.1) is 0 Å². The van der Waals surface area contributed by atoms with Crippen LogP contribution in [-0.2, 0) is 5.41 Å². The number of halogens is 1. The number of aryl methyl sites for hydroxylation is 1. The van der Waals surface area contributed by atoms with Crippen molar-refractivity contribution < 1.29 is 0 Å². The van der Waals surface area contributed by atoms with Gasteiger partial charge in [0.25, 0.3) is 0 Å². The van der Waals surface area contributed by atoms with Crippen molar-refractivity contribution in [1.82, 2.24) is 0 Å². The maximum atomic E-state index is 3.65. The van der Waals surface area contributed by atoms with Gasteiger partial charge in [-0.25, -0.2) is 0 Å². The maximum Gasteiger partial charge on any atom is 0.0407 e. The molecule has 1 aliphatic heterocycles. The van der Waals surface area contributed by atoms with Crippen molar-refractivity contribution >= 4 is 21.6 Å². The predicted octanol–water partition coefficient (Wildman–Crippen LogP) is 4.27. The van der Waals surface area contributed by atoms with Gasteiger partial charge in [-0.2, -0.15) is 0 Å². The third-order valence-corrected chi connectivity index (χ3v) is 4.59. The summed E-state index contributed by atoms with van der Waals surface area (Å²) in [4.78, 5) is 2.49. The topological polar surface area (TPSA) is 3.24 Å². The zero-order valence-corrected chi connectivity index (χ0v) is 12.2. The Kier molecular flexibility index (Phi) is 3.04. The molecule has 2 rings (SSSR count). The molecule has 0 spiro atoms. The van der Waals surface area contributed by atoms with Crippen LogP contribution in [0.2, 0.25) is 0 Å². The highest BCUT2D eigenvalue weighted by molar-refractivity contribution is 9.10. The van der Waals surface area contributed by atoms with Crippen molar-refractivity contribution in [1.29, 1.82) is 0 Å². The van der Waals surface area contributed by atoms with Crippen molar-refractivity contribution in [2.24, 2.45) is 0 Å². The van der Waals surface area contributed by atoms with E-state index in [1.807, 2.05) is 0 Å². The van der Waals surface area contributed by atoms with Gasteiger partial charge in [0.1, 0.15) is 0 Å². The van der Waals surface area contributed by atoms with E-state index in [9.17, 15) is 0 Å². The molecular formula is C14H20BrN. The molecule has 2 heteroatoms. The first-order chi connectivity index (χ1) is 7.45. The summed E-state index contributed by atoms with van der Waals surface area (Å²) in [7, 11) is 0. The Morgan fingerprint density at radius 1 is 1.38 bits per heavy atom. The fourth-order valence-electron chi connectivity index (χ4n) is 2.47. The minimum absolute atomic E-state index is 0.303. The van der Waals surface area contributed by atoms with E-state index in [4.69, 9.17) is 0 Å². The van der Waals surface area contributed by atoms with Crippen molar-refractivity contribution in [3.8, 4) is 0 Å². The summed E-state index contributed by atoms with van der Waals surface area (Å²) < 4.78 is 1.23. The molecule has 0 aliphatic carbocycles. The lowest BCUT2D eigenvalue weighted by Gasteiger charge is -2.40. The van der Waals surface area contributed by atoms with Crippen LogP contribution >= 0.6 is 15.9 Å². The van der Waals surface area contributed by atoms with E-state index in [1.54, 1.807) is 0 Å². The van der Waals surface area contributed by atoms with Crippen LogP contribution in [0.25, 0.3) is 0 Å². The molecule has 1 aromatic rings. The highest BCUT2D eigenvalue weighted by Gasteiger charge is 2.30. The van der Waals surface area contributed by atoms with Gasteiger partial charge < -0.3 is 4.90 Å². The van der Waals surface area contributed by atoms with Gasteiger partial charge in [0.2, 0.25) is 0 Å². The smallest absolute Gasteiger partial charge is 0.0407 e. The van der Waals surface area contributed by atoms with Crippen LogP contribution in [0.3, 0.4) is 0 Å². The lowest BCUT2D eigenvalue weighted by molar-refractivity contribution is 0.455. The average Bonchev–Trinajstić information content (AvgIpc) is 2.22. The summed E-state index contributed by atoms with van der Waals surface area (Å²) in [6.07, 6.45) is 1.24. The molecule has 0 bridgehead atoms. The van der Waals surface area contributed by atoms with E-state index < -0.39 is 0 Å². The summed E-state index contributed by atoms with van der Waals surface area (Å²) in [6.45, 7) is 11.4. The molecule has 0 saturated carbocycles. The summed E-state index contributed by atoms with van der Waals surface area (Å²) >= 11 is 3.65. The second-order valence-corrected chi connectivity index (χ2v) is 6.19. The Morgan fingerprint density at radius 3 is 2.69 bits per heavy atom. The van der Waals surface area contributed by atoms with Gasteiger partial charge in [-0.05, 0) is 48.9 Å². The van der Waals surface area contributed by atoms with E-state index in [2.05, 4.69) is 60.7 Å². The molecule has 0 radical (unpaired) electrons. The van der Waals surface area contributed by atoms with Gasteiger partial charge in [0, 0.05) is 23.2 Å². The van der Waals surface area contributed by atoms with Crippen molar-refractivity contribution in [2.75, 3.05) is 18.0 Å². The second kappa shape index (κ2) is 4.06. The average molecular weight is 282 g/mol. The molecule has 1 heterocycles. The van der Waals surface area contributed by atoms with Crippen LogP contribution in [0.1, 0.15) is 38.3 Å². The third kappa shape index (κ3) is 1.88. The molecule has 0 aromatic heterocycles. The van der Waals surface area contributed by atoms with Gasteiger partial charge in [-0.1, -0.05) is 29.8 Å². The zero-order chi connectivity index (χ0) is 11.9. The predicted molar refractivity (Wildman–Crippen MR) is 74.4 cm³/mol. The lowest BCUT2D eigenvalue weighted by atomic mass is 9.77. The summed E-state index contributed by atoms with van der Waals surface area (Å²) in [6, 6.07) is 4.64. The largest absolute Gasteiger partial charge is 0.372 e. The van der Waals surface area contributed by atoms with Crippen LogP contribution in [0.15, 0.2) is 16.6 Å². The quantitative estimate of drug-likeness (QED) is 0.743. The lowest BCUT2D eigenvalue weighted by Crippen LogP contribution is -2.37. The minimum atomic E-state index is 0.303. The maximum absolute atomic E-state index is 3.65. The highest BCUT2D eigenvalue weighted by atomic mass is 79.9. The van der Waals surface area contributed by atoms with E-state index >= 15 is 0 Å². The van der Waals surface area contributed by atoms with E-state index in [1.165, 1.54) is 34.3 Å². The first-order valence-electron chi connectivity index (χ1n) is 6.01. The molecule has 0 unspecified atom stereocenters. The summed E-state index contributed by atoms with van der Waals surface area (Å²) in [5.41, 5.74) is 4.55. The minimum Gasteiger partial charge on any atom is -0.372 e. The van der Waals surface area contributed by atoms with Crippen molar-refractivity contribution in [3.05, 3.63) is 27.7 Å². The molecular weight excluding hydrogens is 262 g/mol. The van der Waals surface area contributed by atoms with Crippen LogP contribution in [0, 0.1) is 6.92 Å². The molecule has 0 N–H and O–H groups in total. The van der Waals surface area contributed by atoms with E-state index in [-0.39, 0.29) is 0 Å². The Balaban J connectivity index is 2.60. The highest BCUT2D eigenvalue weighted by Crippen LogP contribution is 2.41. The molecule has 16 heavy (non-hydrogen) atoms. The molecule has 0 atom stereocenters. The van der Waals surface area contributed by atoms with Crippen LogP contribution in [0.5, 0.6) is 0 Å². The number of fused-ring (bicyclic) bond motifs is 1. The number of nitrogens with zero attached hydrogens (tertiary/aromatic N) is 1. The molecule has 1 aliphatic rings. The number of hydrogen-bond donors (Lipinski definition) is 0. The zero-order valence-electron chi connectivity index (χ0n) is 10.6. The third-order valence-electron chi connectivity index (χ3n) is 3.74. The standard InChI is InChI=1S/C14H20BrN/c1-5-16-7-6-14(3,4)11-9-12(15)10(2)8-13(11)16/h8-9H,5-7H2,1-4H3. The van der Waals surface area contributed by atoms with Crippen molar-refractivity contribution in [2.45, 2.75) is 39.5 Å². The number of benzene rings is 1. The summed E-state index contributed by atoms with van der Waals surface area (Å²) in [5, 5.41) is 0. The van der Waals surface area contributed by atoms with Gasteiger partial charge in [0.15, 0.2) is 0 Å². The van der Waals surface area contributed by atoms with Gasteiger partial charge in [0.05, 0.1) is 0 Å². The normalized spacial score (nSPS) is 18.4. The van der Waals surface area contributed by atoms with Crippen molar-refractivity contribution in [3.63, 3.8) is 0 Å². The van der Waals surface area contributed by atoms with Crippen LogP contribution in [-0.4, -0.2) is 13.1 Å². The number of anilines is 1. The van der Waals surface area contributed by atoms with Crippen LogP contribution in [0.4, 0.5) is 5.69 Å². The Hall–Kier alpha value is -0.500. The fourth-order valence-corrected chi connectivity index (χ4v) is 2.81. The second-order valence-electron chi connectivity index (χ2n) is 5.33. The molecule has 1 nitrogen and oxygen atoms in total. The van der Waals surface area contributed by atoms with E-state index in [0.717, 1.165) is 6.54 Å². The van der Waals surface area contributed by atoms with Gasteiger partial charge in [-0.3, -0.25) is 0 Å². The SMILES string of the molecule is CCN1CCC(C)(C)c2cc(Br)c(C)cc21. The molecule has 1 aromatic carbocycles. The molecule has 0 saturated heterocycles. The fraction of sp³-hybridized carbons (Fsp3) is 0.571. The first-order valence-corrected chi connectivity index (χ1v) is 6.80. The first kappa shape index (κ1) is 12.0. The summed E-state index contributed by atoms with van der Waals surface area (Å²) in [5.74, 6) is 0. The Bertz CT molecular complexity index is 409. The van der Waals surface area contributed by atoms with Crippen LogP contribution < -0.4 is 4.90 Å². The van der Waals surface area contributed by atoms with Gasteiger partial charge >= 0.3 is 0 Å². The Labute approximate surface area is 107 Å². The van der Waals surface area contributed by atoms with E-state index in [0.29, 0.717) is 5.41 Å². The number of hydrogen-bond acceptors (Lipinski definition) is 1. The molecule has 88 valence electrons. The number of rotatable bonds is 1. The monoisotopic (exact) mass is 281 g/mol. The Morgan fingerprint density at radius 2 is 2.06 bits per heavy atom.